The van der Waals surface area contributed by atoms with Crippen LogP contribution in [0.3, 0.4) is 0 Å². The maximum atomic E-state index is 12.6. The number of ether oxygens (including phenoxy) is 2. The zero-order chi connectivity index (χ0) is 21.1. The van der Waals surface area contributed by atoms with Gasteiger partial charge >= 0.3 is 0 Å². The molecule has 4 rings (SSSR count). The van der Waals surface area contributed by atoms with Gasteiger partial charge in [0.2, 0.25) is 5.78 Å². The lowest BCUT2D eigenvalue weighted by atomic mass is 10.1. The molecule has 0 amide bonds. The standard InChI is InChI=1S/C24H19BrClNO3/c1-2-29-22-13-15(12-21-23(28)17-8-4-6-10-20(17)27-21)11-18(25)24(22)30-14-16-7-3-5-9-19(16)26/h3-13,27H,2,14H2,1H3/b21-12-. The number of benzene rings is 3. The van der Waals surface area contributed by atoms with Crippen LogP contribution in [0.1, 0.15) is 28.4 Å². The smallest absolute Gasteiger partial charge is 0.211 e. The second-order valence-corrected chi connectivity index (χ2v) is 7.96. The first-order valence-corrected chi connectivity index (χ1v) is 10.7. The maximum absolute atomic E-state index is 12.6. The molecule has 0 unspecified atom stereocenters. The van der Waals surface area contributed by atoms with E-state index < -0.39 is 0 Å². The highest BCUT2D eigenvalue weighted by atomic mass is 79.9. The summed E-state index contributed by atoms with van der Waals surface area (Å²) in [5.41, 5.74) is 3.72. The van der Waals surface area contributed by atoms with Crippen LogP contribution in [0, 0.1) is 0 Å². The molecule has 0 radical (unpaired) electrons. The van der Waals surface area contributed by atoms with E-state index in [-0.39, 0.29) is 5.78 Å². The topological polar surface area (TPSA) is 47.6 Å². The molecule has 0 saturated heterocycles. The minimum absolute atomic E-state index is 0.0290. The highest BCUT2D eigenvalue weighted by Gasteiger charge is 2.24. The third-order valence-corrected chi connectivity index (χ3v) is 5.62. The summed E-state index contributed by atoms with van der Waals surface area (Å²) in [4.78, 5) is 12.6. The van der Waals surface area contributed by atoms with Gasteiger partial charge < -0.3 is 14.8 Å². The van der Waals surface area contributed by atoms with Gasteiger partial charge in [-0.2, -0.15) is 0 Å². The minimum atomic E-state index is -0.0290. The van der Waals surface area contributed by atoms with Gasteiger partial charge in [0.05, 0.1) is 16.8 Å². The largest absolute Gasteiger partial charge is 0.490 e. The highest BCUT2D eigenvalue weighted by Crippen LogP contribution is 2.39. The van der Waals surface area contributed by atoms with Gasteiger partial charge in [-0.15, -0.1) is 0 Å². The van der Waals surface area contributed by atoms with Gasteiger partial charge in [0, 0.05) is 21.8 Å². The second-order valence-electron chi connectivity index (χ2n) is 6.70. The van der Waals surface area contributed by atoms with E-state index in [2.05, 4.69) is 21.2 Å². The first-order valence-electron chi connectivity index (χ1n) is 9.52. The first kappa shape index (κ1) is 20.5. The fraction of sp³-hybridized carbons (Fsp3) is 0.125. The van der Waals surface area contributed by atoms with E-state index >= 15 is 0 Å². The number of halogens is 2. The van der Waals surface area contributed by atoms with Crippen LogP contribution >= 0.6 is 27.5 Å². The van der Waals surface area contributed by atoms with Crippen LogP contribution in [-0.4, -0.2) is 12.4 Å². The van der Waals surface area contributed by atoms with E-state index in [4.69, 9.17) is 21.1 Å². The Morgan fingerprint density at radius 2 is 1.83 bits per heavy atom. The van der Waals surface area contributed by atoms with Crippen molar-refractivity contribution in [3.63, 3.8) is 0 Å². The van der Waals surface area contributed by atoms with Gasteiger partial charge in [-0.1, -0.05) is 41.9 Å². The monoisotopic (exact) mass is 483 g/mol. The molecule has 0 bridgehead atoms. The highest BCUT2D eigenvalue weighted by molar-refractivity contribution is 9.10. The molecule has 6 heteroatoms. The van der Waals surface area contributed by atoms with Crippen LogP contribution in [0.25, 0.3) is 6.08 Å². The average Bonchev–Trinajstić information content (AvgIpc) is 3.04. The lowest BCUT2D eigenvalue weighted by Crippen LogP contribution is -2.02. The van der Waals surface area contributed by atoms with Crippen molar-refractivity contribution in [1.82, 2.24) is 0 Å². The number of fused-ring (bicyclic) bond motifs is 1. The molecule has 3 aromatic rings. The van der Waals surface area contributed by atoms with E-state index in [1.165, 1.54) is 0 Å². The quantitative estimate of drug-likeness (QED) is 0.394. The minimum Gasteiger partial charge on any atom is -0.490 e. The van der Waals surface area contributed by atoms with E-state index in [1.807, 2.05) is 73.7 Å². The fourth-order valence-electron chi connectivity index (χ4n) is 3.25. The Balaban J connectivity index is 1.62. The molecule has 30 heavy (non-hydrogen) atoms. The predicted octanol–water partition coefficient (Wildman–Crippen LogP) is 6.73. The maximum Gasteiger partial charge on any atom is 0.211 e. The number of allylic oxidation sites excluding steroid dienone is 1. The molecule has 152 valence electrons. The van der Waals surface area contributed by atoms with Gasteiger partial charge in [-0.05, 0) is 64.8 Å². The van der Waals surface area contributed by atoms with E-state index in [1.54, 1.807) is 0 Å². The molecule has 1 aliphatic heterocycles. The molecule has 0 aliphatic carbocycles. The molecule has 1 N–H and O–H groups in total. The number of hydrogen-bond acceptors (Lipinski definition) is 4. The van der Waals surface area contributed by atoms with Gasteiger partial charge in [-0.25, -0.2) is 0 Å². The summed E-state index contributed by atoms with van der Waals surface area (Å²) >= 11 is 9.81. The third-order valence-electron chi connectivity index (χ3n) is 4.66. The first-order chi connectivity index (χ1) is 14.6. The van der Waals surface area contributed by atoms with Crippen molar-refractivity contribution in [2.75, 3.05) is 11.9 Å². The van der Waals surface area contributed by atoms with Crippen molar-refractivity contribution in [3.05, 3.63) is 92.5 Å². The molecular weight excluding hydrogens is 466 g/mol. The van der Waals surface area contributed by atoms with Crippen LogP contribution in [0.4, 0.5) is 5.69 Å². The predicted molar refractivity (Wildman–Crippen MR) is 123 cm³/mol. The van der Waals surface area contributed by atoms with Crippen LogP contribution in [0.5, 0.6) is 11.5 Å². The third kappa shape index (κ3) is 4.23. The Hall–Kier alpha value is -2.76. The number of rotatable bonds is 6. The number of Topliss-reactive ketones (excluding diaryl/α,β-unsaturated/α-hetero) is 1. The molecule has 0 aromatic heterocycles. The number of ketones is 1. The van der Waals surface area contributed by atoms with Gasteiger partial charge in [0.15, 0.2) is 11.5 Å². The Labute approximate surface area is 188 Å². The van der Waals surface area contributed by atoms with Crippen molar-refractivity contribution >= 4 is 45.1 Å². The Morgan fingerprint density at radius 3 is 2.60 bits per heavy atom. The summed E-state index contributed by atoms with van der Waals surface area (Å²) in [5.74, 6) is 1.15. The molecule has 1 heterocycles. The van der Waals surface area contributed by atoms with Gasteiger partial charge in [0.1, 0.15) is 6.61 Å². The zero-order valence-electron chi connectivity index (χ0n) is 16.2. The molecule has 1 aliphatic rings. The van der Waals surface area contributed by atoms with Gasteiger partial charge in [0.25, 0.3) is 0 Å². The number of carbonyl (C=O) groups is 1. The average molecular weight is 485 g/mol. The molecule has 3 aromatic carbocycles. The van der Waals surface area contributed by atoms with Crippen LogP contribution in [0.15, 0.2) is 70.8 Å². The van der Waals surface area contributed by atoms with Gasteiger partial charge in [-0.3, -0.25) is 4.79 Å². The molecular formula is C24H19BrClNO3. The molecule has 0 spiro atoms. The summed E-state index contributed by atoms with van der Waals surface area (Å²) in [6.07, 6.45) is 1.81. The van der Waals surface area contributed by atoms with Crippen LogP contribution in [-0.2, 0) is 6.61 Å². The summed E-state index contributed by atoms with van der Waals surface area (Å²) < 4.78 is 12.6. The zero-order valence-corrected chi connectivity index (χ0v) is 18.6. The number of nitrogens with one attached hydrogen (secondary N) is 1. The van der Waals surface area contributed by atoms with E-state index in [0.717, 1.165) is 21.3 Å². The Morgan fingerprint density at radius 1 is 1.07 bits per heavy atom. The number of para-hydroxylation sites is 1. The van der Waals surface area contributed by atoms with E-state index in [9.17, 15) is 4.79 Å². The Kier molecular flexibility index (Phi) is 6.11. The molecule has 0 fully saturated rings. The molecule has 0 saturated carbocycles. The number of hydrogen-bond donors (Lipinski definition) is 1. The number of anilines is 1. The van der Waals surface area contributed by atoms with E-state index in [0.29, 0.717) is 41.0 Å². The van der Waals surface area contributed by atoms with Crippen molar-refractivity contribution in [1.29, 1.82) is 0 Å². The van der Waals surface area contributed by atoms with Crippen molar-refractivity contribution in [2.45, 2.75) is 13.5 Å². The van der Waals surface area contributed by atoms with Crippen molar-refractivity contribution in [2.24, 2.45) is 0 Å². The lowest BCUT2D eigenvalue weighted by molar-refractivity contribution is 0.104. The summed E-state index contributed by atoms with van der Waals surface area (Å²) in [6, 6.07) is 18.8. The van der Waals surface area contributed by atoms with Crippen molar-refractivity contribution < 1.29 is 14.3 Å². The molecule has 0 atom stereocenters. The Bertz CT molecular complexity index is 1140. The summed E-state index contributed by atoms with van der Waals surface area (Å²) in [5, 5.41) is 3.83. The second kappa shape index (κ2) is 8.94. The SMILES string of the molecule is CCOc1cc(/C=C2\Nc3ccccc3C2=O)cc(Br)c1OCc1ccccc1Cl. The van der Waals surface area contributed by atoms with Crippen molar-refractivity contribution in [3.8, 4) is 11.5 Å². The summed E-state index contributed by atoms with van der Waals surface area (Å²) in [6.45, 7) is 2.71. The number of carbonyl (C=O) groups excluding carboxylic acids is 1. The summed E-state index contributed by atoms with van der Waals surface area (Å²) in [7, 11) is 0. The fourth-order valence-corrected chi connectivity index (χ4v) is 4.01. The van der Waals surface area contributed by atoms with Crippen LogP contribution in [0.2, 0.25) is 5.02 Å². The normalized spacial score (nSPS) is 13.8. The lowest BCUT2D eigenvalue weighted by Gasteiger charge is -2.15. The van der Waals surface area contributed by atoms with Crippen LogP contribution < -0.4 is 14.8 Å². The molecule has 4 nitrogen and oxygen atoms in total.